The van der Waals surface area contributed by atoms with Crippen LogP contribution < -0.4 is 0 Å². The van der Waals surface area contributed by atoms with E-state index in [9.17, 15) is 14.4 Å². The Kier molecular flexibility index (Phi) is 67.2. The van der Waals surface area contributed by atoms with Crippen molar-refractivity contribution in [1.82, 2.24) is 0 Å². The van der Waals surface area contributed by atoms with E-state index in [1.165, 1.54) is 218 Å². The van der Waals surface area contributed by atoms with E-state index in [2.05, 4.69) is 106 Å². The van der Waals surface area contributed by atoms with Crippen molar-refractivity contribution < 1.29 is 28.6 Å². The summed E-state index contributed by atoms with van der Waals surface area (Å²) in [5, 5.41) is 0. The van der Waals surface area contributed by atoms with Crippen LogP contribution in [0.1, 0.15) is 361 Å². The second-order valence-corrected chi connectivity index (χ2v) is 23.8. The zero-order valence-electron chi connectivity index (χ0n) is 54.5. The highest BCUT2D eigenvalue weighted by atomic mass is 16.6. The Balaban J connectivity index is 4.31. The highest BCUT2D eigenvalue weighted by Crippen LogP contribution is 2.18. The molecule has 0 heterocycles. The molecule has 1 atom stereocenters. The molecule has 0 bridgehead atoms. The van der Waals surface area contributed by atoms with Crippen molar-refractivity contribution in [3.8, 4) is 0 Å². The summed E-state index contributed by atoms with van der Waals surface area (Å²) in [6, 6.07) is 0. The zero-order chi connectivity index (χ0) is 59.2. The van der Waals surface area contributed by atoms with Crippen LogP contribution in [0, 0.1) is 0 Å². The van der Waals surface area contributed by atoms with E-state index in [0.29, 0.717) is 19.3 Å². The fraction of sp³-hybridized carbons (Fsp3) is 0.776. The van der Waals surface area contributed by atoms with Crippen molar-refractivity contribution in [3.63, 3.8) is 0 Å². The molecule has 0 aliphatic carbocycles. The molecule has 0 spiro atoms. The number of carbonyl (C=O) groups excluding carboxylic acids is 3. The van der Waals surface area contributed by atoms with E-state index >= 15 is 0 Å². The largest absolute Gasteiger partial charge is 0.462 e. The van der Waals surface area contributed by atoms with Crippen LogP contribution in [-0.2, 0) is 28.6 Å². The second-order valence-electron chi connectivity index (χ2n) is 23.8. The van der Waals surface area contributed by atoms with Gasteiger partial charge in [-0.25, -0.2) is 0 Å². The number of rotatable bonds is 65. The minimum atomic E-state index is -0.780. The van der Waals surface area contributed by atoms with Gasteiger partial charge in [-0.15, -0.1) is 0 Å². The van der Waals surface area contributed by atoms with Crippen LogP contribution in [-0.4, -0.2) is 37.2 Å². The fourth-order valence-corrected chi connectivity index (χ4v) is 10.3. The van der Waals surface area contributed by atoms with Gasteiger partial charge >= 0.3 is 17.9 Å². The minimum absolute atomic E-state index is 0.0743. The Morgan fingerprint density at radius 1 is 0.256 bits per heavy atom. The molecule has 474 valence electrons. The Hall–Kier alpha value is -3.41. The Labute approximate surface area is 509 Å². The lowest BCUT2D eigenvalue weighted by atomic mass is 10.0. The first-order valence-electron chi connectivity index (χ1n) is 35.6. The van der Waals surface area contributed by atoms with Gasteiger partial charge in [0.25, 0.3) is 0 Å². The van der Waals surface area contributed by atoms with Crippen LogP contribution in [0.4, 0.5) is 0 Å². The molecular weight excluding hydrogens is 1010 g/mol. The summed E-state index contributed by atoms with van der Waals surface area (Å²) in [6.07, 6.45) is 93.2. The molecule has 0 aromatic heterocycles. The molecule has 0 amide bonds. The standard InChI is InChI=1S/C76H134O6/c1-4-7-10-13-16-19-22-25-28-30-32-34-36-38-40-42-44-46-48-51-54-57-60-63-66-69-75(78)81-72-73(71-80-74(77)68-65-62-59-56-53-50-27-24-21-18-15-12-9-6-3)82-76(79)70-67-64-61-58-55-52-49-47-45-43-41-39-37-35-33-31-29-26-23-20-17-14-11-8-5-2/h7,10,16,19,23,25-26,28,31-34,38,40,73H,4-6,8-9,11-15,17-18,20-22,24,27,29-30,35-37,39,41-72H2,1-3H3/b10-7-,19-16-,26-23-,28-25-,33-31-,34-32-,40-38-. The first kappa shape index (κ1) is 78.6. The number of hydrogen-bond acceptors (Lipinski definition) is 6. The second kappa shape index (κ2) is 70.1. The van der Waals surface area contributed by atoms with Crippen LogP contribution in [0.25, 0.3) is 0 Å². The quantitative estimate of drug-likeness (QED) is 0.0261. The molecule has 0 aliphatic heterocycles. The zero-order valence-corrected chi connectivity index (χ0v) is 54.5. The van der Waals surface area contributed by atoms with Crippen LogP contribution >= 0.6 is 0 Å². The van der Waals surface area contributed by atoms with Gasteiger partial charge in [-0.05, 0) is 96.3 Å². The number of carbonyl (C=O) groups is 3. The maximum Gasteiger partial charge on any atom is 0.306 e. The summed E-state index contributed by atoms with van der Waals surface area (Å²) in [4.78, 5) is 38.5. The van der Waals surface area contributed by atoms with Gasteiger partial charge in [0.2, 0.25) is 0 Å². The average Bonchev–Trinajstić information content (AvgIpc) is 3.47. The summed E-state index contributed by atoms with van der Waals surface area (Å²) >= 11 is 0. The molecule has 0 aromatic rings. The van der Waals surface area contributed by atoms with E-state index < -0.39 is 6.10 Å². The lowest BCUT2D eigenvalue weighted by Gasteiger charge is -2.18. The molecular formula is C76H134O6. The Morgan fingerprint density at radius 3 is 0.744 bits per heavy atom. The third-order valence-electron chi connectivity index (χ3n) is 15.6. The monoisotopic (exact) mass is 1140 g/mol. The highest BCUT2D eigenvalue weighted by Gasteiger charge is 2.19. The maximum absolute atomic E-state index is 13.0. The van der Waals surface area contributed by atoms with Crippen LogP contribution in [0.15, 0.2) is 85.1 Å². The first-order valence-corrected chi connectivity index (χ1v) is 35.6. The summed E-state index contributed by atoms with van der Waals surface area (Å²) in [5.41, 5.74) is 0. The van der Waals surface area contributed by atoms with Gasteiger partial charge in [-0.3, -0.25) is 14.4 Å². The molecule has 6 nitrogen and oxygen atoms in total. The van der Waals surface area contributed by atoms with Crippen molar-refractivity contribution in [3.05, 3.63) is 85.1 Å². The first-order chi connectivity index (χ1) is 40.5. The van der Waals surface area contributed by atoms with E-state index in [-0.39, 0.29) is 31.1 Å². The lowest BCUT2D eigenvalue weighted by Crippen LogP contribution is -2.30. The highest BCUT2D eigenvalue weighted by molar-refractivity contribution is 5.71. The molecule has 0 aromatic carbocycles. The number of hydrogen-bond donors (Lipinski definition) is 0. The van der Waals surface area contributed by atoms with Crippen molar-refractivity contribution in [2.45, 2.75) is 367 Å². The molecule has 0 N–H and O–H groups in total. The Bertz CT molecular complexity index is 1550. The van der Waals surface area contributed by atoms with Crippen LogP contribution in [0.3, 0.4) is 0 Å². The topological polar surface area (TPSA) is 78.9 Å². The van der Waals surface area contributed by atoms with E-state index in [1.54, 1.807) is 0 Å². The number of esters is 3. The number of allylic oxidation sites excluding steroid dienone is 14. The normalized spacial score (nSPS) is 12.6. The minimum Gasteiger partial charge on any atom is -0.462 e. The summed E-state index contributed by atoms with van der Waals surface area (Å²) in [6.45, 7) is 6.56. The van der Waals surface area contributed by atoms with E-state index in [0.717, 1.165) is 103 Å². The van der Waals surface area contributed by atoms with Crippen molar-refractivity contribution in [1.29, 1.82) is 0 Å². The van der Waals surface area contributed by atoms with Gasteiger partial charge in [0, 0.05) is 19.3 Å². The molecule has 82 heavy (non-hydrogen) atoms. The fourth-order valence-electron chi connectivity index (χ4n) is 10.3. The number of unbranched alkanes of at least 4 members (excludes halogenated alkanes) is 40. The third kappa shape index (κ3) is 67.4. The van der Waals surface area contributed by atoms with Gasteiger partial charge in [0.1, 0.15) is 13.2 Å². The molecule has 6 heteroatoms. The van der Waals surface area contributed by atoms with Gasteiger partial charge in [-0.2, -0.15) is 0 Å². The van der Waals surface area contributed by atoms with E-state index in [1.807, 2.05) is 0 Å². The van der Waals surface area contributed by atoms with Gasteiger partial charge in [0.05, 0.1) is 0 Å². The molecule has 0 saturated carbocycles. The molecule has 1 unspecified atom stereocenters. The lowest BCUT2D eigenvalue weighted by molar-refractivity contribution is -0.167. The van der Waals surface area contributed by atoms with Crippen molar-refractivity contribution in [2.24, 2.45) is 0 Å². The van der Waals surface area contributed by atoms with Crippen molar-refractivity contribution >= 4 is 17.9 Å². The van der Waals surface area contributed by atoms with Gasteiger partial charge < -0.3 is 14.2 Å². The Morgan fingerprint density at radius 2 is 0.476 bits per heavy atom. The molecule has 0 aliphatic rings. The summed E-state index contributed by atoms with van der Waals surface area (Å²) < 4.78 is 17.0. The summed E-state index contributed by atoms with van der Waals surface area (Å²) in [5.74, 6) is -0.861. The van der Waals surface area contributed by atoms with Gasteiger partial charge in [0.15, 0.2) is 6.10 Å². The van der Waals surface area contributed by atoms with E-state index in [4.69, 9.17) is 14.2 Å². The molecule has 0 radical (unpaired) electrons. The van der Waals surface area contributed by atoms with Crippen LogP contribution in [0.2, 0.25) is 0 Å². The van der Waals surface area contributed by atoms with Crippen molar-refractivity contribution in [2.75, 3.05) is 13.2 Å². The maximum atomic E-state index is 13.0. The predicted octanol–water partition coefficient (Wildman–Crippen LogP) is 24.6. The summed E-state index contributed by atoms with van der Waals surface area (Å²) in [7, 11) is 0. The predicted molar refractivity (Wildman–Crippen MR) is 358 cm³/mol. The SMILES string of the molecule is CC/C=C\C/C=C\C/C=C\C/C=C\C/C=C\CCCCCCCCCCCC(=O)OCC(COC(=O)CCCCCCCCCCCCCCCC)OC(=O)CCCCCCCCCCCCCCC/C=C\C/C=C\CCCCCCC. The smallest absolute Gasteiger partial charge is 0.306 e. The third-order valence-corrected chi connectivity index (χ3v) is 15.6. The molecule has 0 fully saturated rings. The molecule has 0 saturated heterocycles. The molecule has 0 rings (SSSR count). The average molecular weight is 1140 g/mol. The number of ether oxygens (including phenoxy) is 3. The van der Waals surface area contributed by atoms with Gasteiger partial charge in [-0.1, -0.05) is 331 Å². The van der Waals surface area contributed by atoms with Crippen LogP contribution in [0.5, 0.6) is 0 Å².